The minimum Gasteiger partial charge on any atom is -0.381 e. The van der Waals surface area contributed by atoms with E-state index in [1.165, 1.54) is 12.2 Å². The van der Waals surface area contributed by atoms with Gasteiger partial charge in [0.05, 0.1) is 10.8 Å². The first-order valence-electron chi connectivity index (χ1n) is 6.78. The first-order valence-corrected chi connectivity index (χ1v) is 7.83. The van der Waals surface area contributed by atoms with E-state index in [2.05, 4.69) is 22.4 Å². The summed E-state index contributed by atoms with van der Waals surface area (Å²) in [6.45, 7) is 2.20. The second-order valence-corrected chi connectivity index (χ2v) is 6.59. The Bertz CT molecular complexity index is 737. The third-order valence-electron chi connectivity index (χ3n) is 3.77. The highest BCUT2D eigenvalue weighted by molar-refractivity contribution is 8.00. The molecule has 0 spiro atoms. The van der Waals surface area contributed by atoms with Gasteiger partial charge >= 0.3 is 0 Å². The number of aromatic nitrogens is 2. The quantitative estimate of drug-likeness (QED) is 0.790. The minimum atomic E-state index is -0.269. The van der Waals surface area contributed by atoms with Crippen LogP contribution < -0.4 is 16.4 Å². The molecule has 2 heterocycles. The molecule has 3 rings (SSSR count). The van der Waals surface area contributed by atoms with Gasteiger partial charge in [0.25, 0.3) is 11.1 Å². The van der Waals surface area contributed by atoms with Crippen LogP contribution in [0.3, 0.4) is 0 Å². The van der Waals surface area contributed by atoms with E-state index in [4.69, 9.17) is 0 Å². The Morgan fingerprint density at radius 3 is 2.85 bits per heavy atom. The molecule has 0 aliphatic carbocycles. The van der Waals surface area contributed by atoms with Crippen LogP contribution in [0, 0.1) is 0 Å². The standard InChI is InChI=1S/C14H17N3O2S/c1-8-10(6-3-7-20-8)15-11-5-2-4-9-12(11)14(19)17-16-13(9)18/h2,4-5,8,10,15H,3,6-7H2,1H3,(H,16,18)(H,17,19). The summed E-state index contributed by atoms with van der Waals surface area (Å²) >= 11 is 1.94. The first kappa shape index (κ1) is 13.3. The lowest BCUT2D eigenvalue weighted by Crippen LogP contribution is -2.33. The van der Waals surface area contributed by atoms with E-state index in [1.54, 1.807) is 12.1 Å². The normalized spacial score (nSPS) is 22.9. The molecular weight excluding hydrogens is 274 g/mol. The van der Waals surface area contributed by atoms with E-state index in [0.29, 0.717) is 22.1 Å². The van der Waals surface area contributed by atoms with Gasteiger partial charge in [-0.3, -0.25) is 19.8 Å². The van der Waals surface area contributed by atoms with Crippen LogP contribution in [0.15, 0.2) is 27.8 Å². The lowest BCUT2D eigenvalue weighted by Gasteiger charge is -2.30. The number of aromatic amines is 2. The lowest BCUT2D eigenvalue weighted by atomic mass is 10.1. The zero-order chi connectivity index (χ0) is 14.1. The average molecular weight is 291 g/mol. The molecule has 0 bridgehead atoms. The van der Waals surface area contributed by atoms with E-state index >= 15 is 0 Å². The van der Waals surface area contributed by atoms with Crippen molar-refractivity contribution in [2.45, 2.75) is 31.1 Å². The maximum absolute atomic E-state index is 12.0. The van der Waals surface area contributed by atoms with Gasteiger partial charge < -0.3 is 5.32 Å². The Morgan fingerprint density at radius 1 is 1.25 bits per heavy atom. The summed E-state index contributed by atoms with van der Waals surface area (Å²) in [5.41, 5.74) is 0.210. The summed E-state index contributed by atoms with van der Waals surface area (Å²) in [7, 11) is 0. The van der Waals surface area contributed by atoms with Crippen molar-refractivity contribution in [3.05, 3.63) is 38.9 Å². The van der Waals surface area contributed by atoms with Crippen LogP contribution >= 0.6 is 11.8 Å². The van der Waals surface area contributed by atoms with Crippen molar-refractivity contribution < 1.29 is 0 Å². The van der Waals surface area contributed by atoms with Crippen LogP contribution in [-0.2, 0) is 0 Å². The van der Waals surface area contributed by atoms with Gasteiger partial charge in [0.2, 0.25) is 0 Å². The lowest BCUT2D eigenvalue weighted by molar-refractivity contribution is 0.618. The largest absolute Gasteiger partial charge is 0.381 e. The summed E-state index contributed by atoms with van der Waals surface area (Å²) in [4.78, 5) is 23.8. The fraction of sp³-hybridized carbons (Fsp3) is 0.429. The molecular formula is C14H17N3O2S. The molecule has 1 aromatic heterocycles. The smallest absolute Gasteiger partial charge is 0.272 e. The van der Waals surface area contributed by atoms with Gasteiger partial charge in [-0.2, -0.15) is 11.8 Å². The monoisotopic (exact) mass is 291 g/mol. The number of rotatable bonds is 2. The predicted octanol–water partition coefficient (Wildman–Crippen LogP) is 1.91. The summed E-state index contributed by atoms with van der Waals surface area (Å²) in [5, 5.41) is 9.57. The van der Waals surface area contributed by atoms with Crippen LogP contribution in [0.4, 0.5) is 5.69 Å². The van der Waals surface area contributed by atoms with Crippen LogP contribution in [-0.4, -0.2) is 27.2 Å². The van der Waals surface area contributed by atoms with Gasteiger partial charge in [0, 0.05) is 17.0 Å². The molecule has 0 radical (unpaired) electrons. The van der Waals surface area contributed by atoms with Gasteiger partial charge in [-0.05, 0) is 30.7 Å². The third kappa shape index (κ3) is 2.35. The summed E-state index contributed by atoms with van der Waals surface area (Å²) in [6, 6.07) is 5.68. The average Bonchev–Trinajstić information content (AvgIpc) is 2.45. The summed E-state index contributed by atoms with van der Waals surface area (Å²) in [6.07, 6.45) is 2.26. The Morgan fingerprint density at radius 2 is 2.05 bits per heavy atom. The molecule has 1 aliphatic heterocycles. The molecule has 5 nitrogen and oxygen atoms in total. The number of hydrogen-bond donors (Lipinski definition) is 3. The number of thioether (sulfide) groups is 1. The van der Waals surface area contributed by atoms with Crippen molar-refractivity contribution in [3.8, 4) is 0 Å². The SMILES string of the molecule is CC1SCCCC1Nc1cccc2c(=O)[nH][nH]c(=O)c12. The maximum atomic E-state index is 12.0. The van der Waals surface area contributed by atoms with Crippen molar-refractivity contribution in [2.75, 3.05) is 11.1 Å². The molecule has 2 aromatic rings. The number of hydrogen-bond acceptors (Lipinski definition) is 4. The maximum Gasteiger partial charge on any atom is 0.272 e. The molecule has 3 N–H and O–H groups in total. The molecule has 1 fully saturated rings. The number of anilines is 1. The molecule has 20 heavy (non-hydrogen) atoms. The second-order valence-electron chi connectivity index (χ2n) is 5.11. The van der Waals surface area contributed by atoms with Gasteiger partial charge in [0.1, 0.15) is 0 Å². The topological polar surface area (TPSA) is 77.8 Å². The highest BCUT2D eigenvalue weighted by Crippen LogP contribution is 2.29. The number of fused-ring (bicyclic) bond motifs is 1. The summed E-state index contributed by atoms with van der Waals surface area (Å²) in [5.74, 6) is 1.19. The van der Waals surface area contributed by atoms with Crippen molar-refractivity contribution in [2.24, 2.45) is 0 Å². The van der Waals surface area contributed by atoms with Crippen molar-refractivity contribution >= 4 is 28.2 Å². The molecule has 1 aromatic carbocycles. The van der Waals surface area contributed by atoms with Gasteiger partial charge in [-0.25, -0.2) is 0 Å². The Kier molecular flexibility index (Phi) is 3.56. The van der Waals surface area contributed by atoms with Crippen LogP contribution in [0.1, 0.15) is 19.8 Å². The zero-order valence-corrected chi connectivity index (χ0v) is 12.0. The fourth-order valence-electron chi connectivity index (χ4n) is 2.66. The van der Waals surface area contributed by atoms with E-state index < -0.39 is 0 Å². The molecule has 0 amide bonds. The molecule has 6 heteroatoms. The molecule has 2 atom stereocenters. The molecule has 0 saturated carbocycles. The van der Waals surface area contributed by atoms with E-state index in [-0.39, 0.29) is 11.1 Å². The predicted molar refractivity (Wildman–Crippen MR) is 83.8 cm³/mol. The highest BCUT2D eigenvalue weighted by atomic mass is 32.2. The molecule has 1 saturated heterocycles. The molecule has 1 aliphatic rings. The summed E-state index contributed by atoms with van der Waals surface area (Å²) < 4.78 is 0. The van der Waals surface area contributed by atoms with E-state index in [0.717, 1.165) is 12.1 Å². The second kappa shape index (κ2) is 5.36. The van der Waals surface area contributed by atoms with Crippen molar-refractivity contribution in [1.82, 2.24) is 10.2 Å². The minimum absolute atomic E-state index is 0.265. The molecule has 106 valence electrons. The Hall–Kier alpha value is -1.69. The third-order valence-corrected chi connectivity index (χ3v) is 5.15. The Labute approximate surface area is 120 Å². The number of nitrogens with one attached hydrogen (secondary N) is 3. The van der Waals surface area contributed by atoms with Gasteiger partial charge in [0.15, 0.2) is 0 Å². The van der Waals surface area contributed by atoms with Crippen LogP contribution in [0.2, 0.25) is 0 Å². The van der Waals surface area contributed by atoms with E-state index in [1.807, 2.05) is 17.8 Å². The highest BCUT2D eigenvalue weighted by Gasteiger charge is 2.22. The first-order chi connectivity index (χ1) is 9.66. The van der Waals surface area contributed by atoms with Gasteiger partial charge in [-0.15, -0.1) is 0 Å². The number of benzene rings is 1. The molecule has 2 unspecified atom stereocenters. The van der Waals surface area contributed by atoms with Crippen molar-refractivity contribution in [3.63, 3.8) is 0 Å². The zero-order valence-electron chi connectivity index (χ0n) is 11.2. The van der Waals surface area contributed by atoms with Crippen LogP contribution in [0.5, 0.6) is 0 Å². The Balaban J connectivity index is 2.06. The van der Waals surface area contributed by atoms with E-state index in [9.17, 15) is 9.59 Å². The number of H-pyrrole nitrogens is 2. The van der Waals surface area contributed by atoms with Crippen molar-refractivity contribution in [1.29, 1.82) is 0 Å². The fourth-order valence-corrected chi connectivity index (χ4v) is 3.80. The van der Waals surface area contributed by atoms with Crippen LogP contribution in [0.25, 0.3) is 10.8 Å². The van der Waals surface area contributed by atoms with Gasteiger partial charge in [-0.1, -0.05) is 13.0 Å².